The van der Waals surface area contributed by atoms with E-state index in [1.165, 1.54) is 32.5 Å². The Balaban J connectivity index is 2.01. The van der Waals surface area contributed by atoms with E-state index in [4.69, 9.17) is 0 Å². The summed E-state index contributed by atoms with van der Waals surface area (Å²) in [4.78, 5) is 6.05. The number of nitrogens with zero attached hydrogens (tertiary/aromatic N) is 1. The number of hydrogen-bond donors (Lipinski definition) is 1. The van der Waals surface area contributed by atoms with Gasteiger partial charge in [-0.1, -0.05) is 36.4 Å². The minimum Gasteiger partial charge on any atom is -0.365 e. The van der Waals surface area contributed by atoms with E-state index in [0.29, 0.717) is 0 Å². The van der Waals surface area contributed by atoms with Crippen LogP contribution in [0.2, 0.25) is 0 Å². The first-order valence-corrected chi connectivity index (χ1v) is 6.87. The van der Waals surface area contributed by atoms with Gasteiger partial charge in [-0.15, -0.1) is 11.3 Å². The molecule has 2 aromatic carbocycles. The lowest BCUT2D eigenvalue weighted by molar-refractivity contribution is 1.33. The third-order valence-electron chi connectivity index (χ3n) is 3.54. The van der Waals surface area contributed by atoms with E-state index in [2.05, 4.69) is 46.7 Å². The van der Waals surface area contributed by atoms with Gasteiger partial charge >= 0.3 is 0 Å². The molecule has 1 heterocycles. The zero-order valence-corrected chi connectivity index (χ0v) is 10.8. The predicted molar refractivity (Wildman–Crippen MR) is 77.4 cm³/mol. The summed E-state index contributed by atoms with van der Waals surface area (Å²) >= 11 is 1.76. The van der Waals surface area contributed by atoms with Gasteiger partial charge in [-0.05, 0) is 16.3 Å². The average Bonchev–Trinajstić information content (AvgIpc) is 2.95. The molecule has 0 unspecified atom stereocenters. The number of aromatic nitrogens is 1. The molecular weight excluding hydrogens is 240 g/mol. The quantitative estimate of drug-likeness (QED) is 0.555. The SMILES string of the molecule is CNc1nc2c(s1)Cc1c-2ccc2ccccc12. The van der Waals surface area contributed by atoms with Crippen molar-refractivity contribution in [1.29, 1.82) is 0 Å². The highest BCUT2D eigenvalue weighted by atomic mass is 32.1. The van der Waals surface area contributed by atoms with Gasteiger partial charge in [0.15, 0.2) is 5.13 Å². The molecular formula is C15H12N2S. The summed E-state index contributed by atoms with van der Waals surface area (Å²) in [5.74, 6) is 0. The Morgan fingerprint density at radius 2 is 2.06 bits per heavy atom. The standard InChI is InChI=1S/C15H12N2S/c1-16-15-17-14-11-7-6-9-4-2-3-5-10(9)12(11)8-13(14)18-15/h2-7H,8H2,1H3,(H,16,17). The predicted octanol–water partition coefficient (Wildman–Crippen LogP) is 3.91. The molecule has 4 rings (SSSR count). The largest absolute Gasteiger partial charge is 0.365 e. The topological polar surface area (TPSA) is 24.9 Å². The van der Waals surface area contributed by atoms with Crippen molar-refractivity contribution >= 4 is 27.2 Å². The van der Waals surface area contributed by atoms with Crippen LogP contribution in [0, 0.1) is 0 Å². The van der Waals surface area contributed by atoms with Crippen LogP contribution in [0.3, 0.4) is 0 Å². The molecule has 1 aliphatic carbocycles. The van der Waals surface area contributed by atoms with Crippen LogP contribution in [0.1, 0.15) is 10.4 Å². The molecule has 3 aromatic rings. The minimum atomic E-state index is 1.01. The maximum Gasteiger partial charge on any atom is 0.183 e. The van der Waals surface area contributed by atoms with Gasteiger partial charge in [0, 0.05) is 23.9 Å². The maximum absolute atomic E-state index is 4.66. The van der Waals surface area contributed by atoms with Crippen LogP contribution >= 0.6 is 11.3 Å². The lowest BCUT2D eigenvalue weighted by atomic mass is 10.0. The summed E-state index contributed by atoms with van der Waals surface area (Å²) in [6.07, 6.45) is 1.02. The normalized spacial score (nSPS) is 12.5. The van der Waals surface area contributed by atoms with Crippen molar-refractivity contribution in [2.45, 2.75) is 6.42 Å². The zero-order valence-electron chi connectivity index (χ0n) is 10.0. The highest BCUT2D eigenvalue weighted by Gasteiger charge is 2.24. The smallest absolute Gasteiger partial charge is 0.183 e. The molecule has 0 saturated heterocycles. The first kappa shape index (κ1) is 10.1. The van der Waals surface area contributed by atoms with E-state index in [-0.39, 0.29) is 0 Å². The van der Waals surface area contributed by atoms with Crippen molar-refractivity contribution in [3.05, 3.63) is 46.8 Å². The van der Waals surface area contributed by atoms with E-state index in [9.17, 15) is 0 Å². The van der Waals surface area contributed by atoms with E-state index >= 15 is 0 Å². The Bertz CT molecular complexity index is 758. The number of fused-ring (bicyclic) bond motifs is 5. The number of hydrogen-bond acceptors (Lipinski definition) is 3. The van der Waals surface area contributed by atoms with E-state index in [1.807, 2.05) is 7.05 Å². The molecule has 1 aromatic heterocycles. The van der Waals surface area contributed by atoms with E-state index < -0.39 is 0 Å². The van der Waals surface area contributed by atoms with Gasteiger partial charge in [0.25, 0.3) is 0 Å². The Morgan fingerprint density at radius 1 is 1.17 bits per heavy atom. The fourth-order valence-corrected chi connectivity index (χ4v) is 3.64. The molecule has 0 saturated carbocycles. The molecule has 88 valence electrons. The zero-order chi connectivity index (χ0) is 12.1. The second-order valence-corrected chi connectivity index (χ2v) is 5.61. The lowest BCUT2D eigenvalue weighted by Crippen LogP contribution is -1.88. The van der Waals surface area contributed by atoms with Crippen molar-refractivity contribution in [3.63, 3.8) is 0 Å². The third kappa shape index (κ3) is 1.25. The molecule has 18 heavy (non-hydrogen) atoms. The third-order valence-corrected chi connectivity index (χ3v) is 4.62. The number of rotatable bonds is 1. The Hall–Kier alpha value is -1.87. The molecule has 0 amide bonds. The molecule has 1 aliphatic rings. The van der Waals surface area contributed by atoms with Gasteiger partial charge in [-0.2, -0.15) is 0 Å². The van der Waals surface area contributed by atoms with Crippen LogP contribution in [0.4, 0.5) is 5.13 Å². The Kier molecular flexibility index (Phi) is 2.00. The van der Waals surface area contributed by atoms with Gasteiger partial charge in [0.05, 0.1) is 5.69 Å². The second kappa shape index (κ2) is 3.56. The molecule has 1 N–H and O–H groups in total. The summed E-state index contributed by atoms with van der Waals surface area (Å²) in [5.41, 5.74) is 3.91. The van der Waals surface area contributed by atoms with Crippen molar-refractivity contribution < 1.29 is 0 Å². The molecule has 0 radical (unpaired) electrons. The number of benzene rings is 2. The lowest BCUT2D eigenvalue weighted by Gasteiger charge is -2.05. The highest BCUT2D eigenvalue weighted by Crippen LogP contribution is 2.43. The van der Waals surface area contributed by atoms with Crippen LogP contribution in [0.5, 0.6) is 0 Å². The minimum absolute atomic E-state index is 1.01. The molecule has 0 atom stereocenters. The average molecular weight is 252 g/mol. The van der Waals surface area contributed by atoms with Crippen LogP contribution < -0.4 is 5.32 Å². The fourth-order valence-electron chi connectivity index (χ4n) is 2.70. The highest BCUT2D eigenvalue weighted by molar-refractivity contribution is 7.16. The van der Waals surface area contributed by atoms with Crippen molar-refractivity contribution in [1.82, 2.24) is 4.98 Å². The Labute approximate surface area is 109 Å². The molecule has 0 aliphatic heterocycles. The van der Waals surface area contributed by atoms with Crippen LogP contribution in [0.25, 0.3) is 22.0 Å². The van der Waals surface area contributed by atoms with Gasteiger partial charge in [-0.25, -0.2) is 4.98 Å². The first-order valence-electron chi connectivity index (χ1n) is 6.05. The van der Waals surface area contributed by atoms with Crippen molar-refractivity contribution in [2.24, 2.45) is 0 Å². The second-order valence-electron chi connectivity index (χ2n) is 4.53. The molecule has 0 bridgehead atoms. The number of thiazole rings is 1. The van der Waals surface area contributed by atoms with Crippen molar-refractivity contribution in [2.75, 3.05) is 12.4 Å². The summed E-state index contributed by atoms with van der Waals surface area (Å²) in [6.45, 7) is 0. The van der Waals surface area contributed by atoms with E-state index in [1.54, 1.807) is 11.3 Å². The van der Waals surface area contributed by atoms with Crippen LogP contribution in [-0.2, 0) is 6.42 Å². The number of nitrogens with one attached hydrogen (secondary N) is 1. The molecule has 0 spiro atoms. The van der Waals surface area contributed by atoms with Gasteiger partial charge < -0.3 is 5.32 Å². The summed E-state index contributed by atoms with van der Waals surface area (Å²) in [7, 11) is 1.93. The summed E-state index contributed by atoms with van der Waals surface area (Å²) in [6, 6.07) is 13.0. The van der Waals surface area contributed by atoms with Gasteiger partial charge in [0.2, 0.25) is 0 Å². The molecule has 3 heteroatoms. The van der Waals surface area contributed by atoms with E-state index in [0.717, 1.165) is 11.6 Å². The van der Waals surface area contributed by atoms with Gasteiger partial charge in [-0.3, -0.25) is 0 Å². The maximum atomic E-state index is 4.66. The fraction of sp³-hybridized carbons (Fsp3) is 0.133. The van der Waals surface area contributed by atoms with Crippen molar-refractivity contribution in [3.8, 4) is 11.3 Å². The first-order chi connectivity index (χ1) is 8.86. The summed E-state index contributed by atoms with van der Waals surface area (Å²) < 4.78 is 0. The summed E-state index contributed by atoms with van der Waals surface area (Å²) in [5, 5.41) is 6.83. The molecule has 2 nitrogen and oxygen atoms in total. The monoisotopic (exact) mass is 252 g/mol. The van der Waals surface area contributed by atoms with Crippen LogP contribution in [-0.4, -0.2) is 12.0 Å². The number of anilines is 1. The van der Waals surface area contributed by atoms with Gasteiger partial charge in [0.1, 0.15) is 0 Å². The van der Waals surface area contributed by atoms with Crippen LogP contribution in [0.15, 0.2) is 36.4 Å². The molecule has 0 fully saturated rings. The Morgan fingerprint density at radius 3 is 2.94 bits per heavy atom.